The smallest absolute Gasteiger partial charge is 0.349 e. The van der Waals surface area contributed by atoms with E-state index in [1.165, 1.54) is 6.07 Å². The van der Waals surface area contributed by atoms with E-state index in [0.29, 0.717) is 0 Å². The van der Waals surface area contributed by atoms with Gasteiger partial charge in [0.1, 0.15) is 11.5 Å². The maximum atomic E-state index is 10.8. The van der Waals surface area contributed by atoms with Gasteiger partial charge in [0.25, 0.3) is 0 Å². The van der Waals surface area contributed by atoms with Crippen molar-refractivity contribution in [3.05, 3.63) is 51.1 Å². The highest BCUT2D eigenvalue weighted by atomic mass is 28.3. The highest BCUT2D eigenvalue weighted by molar-refractivity contribution is 6.57. The monoisotopic (exact) mass is 282 g/mol. The molecule has 0 N–H and O–H groups in total. The summed E-state index contributed by atoms with van der Waals surface area (Å²) in [6.45, 7) is 7.74. The lowest BCUT2D eigenvalue weighted by Gasteiger charge is -2.17. The summed E-state index contributed by atoms with van der Waals surface area (Å²) in [5, 5.41) is 21.5. The Balaban J connectivity index is 3.12. The highest BCUT2D eigenvalue weighted by Crippen LogP contribution is 2.31. The molecule has 0 amide bonds. The van der Waals surface area contributed by atoms with Gasteiger partial charge in [-0.1, -0.05) is 25.7 Å². The number of benzene rings is 1. The van der Waals surface area contributed by atoms with Crippen LogP contribution in [0.5, 0.6) is 5.75 Å². The van der Waals surface area contributed by atoms with E-state index in [1.807, 2.05) is 13.1 Å². The van der Waals surface area contributed by atoms with Crippen molar-refractivity contribution in [3.63, 3.8) is 0 Å². The van der Waals surface area contributed by atoms with E-state index in [-0.39, 0.29) is 11.5 Å². The fourth-order valence-electron chi connectivity index (χ4n) is 1.49. The lowest BCUT2D eigenvalue weighted by molar-refractivity contribution is -0.422. The SMILES string of the molecule is C=CC(Oc1ccc([N+](=O)[O-])c([N+](=O)[O-])c1)[SiH](C)C. The summed E-state index contributed by atoms with van der Waals surface area (Å²) < 4.78 is 5.57. The molecule has 0 heterocycles. The number of hydrogen-bond acceptors (Lipinski definition) is 5. The van der Waals surface area contributed by atoms with Crippen LogP contribution in [0.4, 0.5) is 11.4 Å². The molecule has 0 fully saturated rings. The molecule has 0 spiro atoms. The average Bonchev–Trinajstić information content (AvgIpc) is 2.34. The summed E-state index contributed by atoms with van der Waals surface area (Å²) >= 11 is 0. The third kappa shape index (κ3) is 3.62. The molecule has 1 aromatic carbocycles. The largest absolute Gasteiger partial charge is 0.490 e. The molecule has 0 radical (unpaired) electrons. The first-order valence-corrected chi connectivity index (χ1v) is 8.56. The second kappa shape index (κ2) is 6.09. The second-order valence-corrected chi connectivity index (χ2v) is 7.37. The third-order valence-corrected chi connectivity index (χ3v) is 4.22. The zero-order valence-electron chi connectivity index (χ0n) is 10.6. The number of hydrogen-bond donors (Lipinski definition) is 0. The van der Waals surface area contributed by atoms with Crippen molar-refractivity contribution in [3.8, 4) is 5.75 Å². The predicted octanol–water partition coefficient (Wildman–Crippen LogP) is 2.46. The first kappa shape index (κ1) is 14.8. The van der Waals surface area contributed by atoms with E-state index in [1.54, 1.807) is 6.08 Å². The van der Waals surface area contributed by atoms with Crippen molar-refractivity contribution in [2.45, 2.75) is 18.8 Å². The molecule has 1 atom stereocenters. The molecule has 0 aliphatic heterocycles. The number of rotatable bonds is 6. The summed E-state index contributed by atoms with van der Waals surface area (Å²) in [4.78, 5) is 19.9. The molecule has 1 rings (SSSR count). The molecular formula is C11H14N2O5Si. The molecular weight excluding hydrogens is 268 g/mol. The van der Waals surface area contributed by atoms with Crippen molar-refractivity contribution in [1.29, 1.82) is 0 Å². The van der Waals surface area contributed by atoms with Crippen LogP contribution in [0.2, 0.25) is 13.1 Å². The highest BCUT2D eigenvalue weighted by Gasteiger charge is 2.25. The quantitative estimate of drug-likeness (QED) is 0.345. The Bertz CT molecular complexity index is 518. The van der Waals surface area contributed by atoms with Gasteiger partial charge in [-0.3, -0.25) is 20.2 Å². The average molecular weight is 282 g/mol. The minimum atomic E-state index is -1.17. The summed E-state index contributed by atoms with van der Waals surface area (Å²) in [7, 11) is -1.17. The molecule has 0 saturated heterocycles. The van der Waals surface area contributed by atoms with Crippen molar-refractivity contribution >= 4 is 20.2 Å². The number of ether oxygens (including phenoxy) is 1. The fourth-order valence-corrected chi connectivity index (χ4v) is 2.46. The molecule has 0 saturated carbocycles. The topological polar surface area (TPSA) is 95.5 Å². The Morgan fingerprint density at radius 3 is 2.26 bits per heavy atom. The summed E-state index contributed by atoms with van der Waals surface area (Å²) in [5.41, 5.74) is -1.30. The molecule has 7 nitrogen and oxygen atoms in total. The van der Waals surface area contributed by atoms with Crippen LogP contribution in [0.25, 0.3) is 0 Å². The summed E-state index contributed by atoms with van der Waals surface area (Å²) in [6.07, 6.45) is 1.64. The van der Waals surface area contributed by atoms with Crippen LogP contribution in [-0.2, 0) is 0 Å². The first-order valence-electron chi connectivity index (χ1n) is 5.58. The zero-order valence-corrected chi connectivity index (χ0v) is 11.8. The van der Waals surface area contributed by atoms with E-state index in [0.717, 1.165) is 12.1 Å². The van der Waals surface area contributed by atoms with Crippen LogP contribution in [-0.4, -0.2) is 24.4 Å². The molecule has 0 aliphatic rings. The molecule has 8 heteroatoms. The molecule has 102 valence electrons. The van der Waals surface area contributed by atoms with Crippen LogP contribution in [0.15, 0.2) is 30.9 Å². The Labute approximate surface area is 111 Å². The van der Waals surface area contributed by atoms with E-state index >= 15 is 0 Å². The standard InChI is InChI=1S/C11H14N2O5Si/c1-4-11(19(2)3)18-8-5-6-9(12(14)15)10(7-8)13(16)17/h4-7,11,19H,1H2,2-3H3. The Morgan fingerprint density at radius 1 is 1.26 bits per heavy atom. The molecule has 1 unspecified atom stereocenters. The number of nitro benzene ring substituents is 2. The molecule has 0 aromatic heterocycles. The molecule has 19 heavy (non-hydrogen) atoms. The normalized spacial score (nSPS) is 11.9. The van der Waals surface area contributed by atoms with Gasteiger partial charge in [0.15, 0.2) is 0 Å². The minimum Gasteiger partial charge on any atom is -0.490 e. The fraction of sp³-hybridized carbons (Fsp3) is 0.273. The van der Waals surface area contributed by atoms with Gasteiger partial charge in [0, 0.05) is 6.07 Å². The van der Waals surface area contributed by atoms with Gasteiger partial charge in [-0.2, -0.15) is 0 Å². The van der Waals surface area contributed by atoms with Gasteiger partial charge < -0.3 is 4.74 Å². The van der Waals surface area contributed by atoms with Crippen molar-refractivity contribution in [2.24, 2.45) is 0 Å². The second-order valence-electron chi connectivity index (χ2n) is 4.23. The van der Waals surface area contributed by atoms with Crippen molar-refractivity contribution in [1.82, 2.24) is 0 Å². The first-order chi connectivity index (χ1) is 8.86. The van der Waals surface area contributed by atoms with Crippen LogP contribution in [0, 0.1) is 20.2 Å². The van der Waals surface area contributed by atoms with E-state index in [2.05, 4.69) is 6.58 Å². The van der Waals surface area contributed by atoms with Crippen molar-refractivity contribution in [2.75, 3.05) is 0 Å². The molecule has 1 aromatic rings. The maximum absolute atomic E-state index is 10.8. The Morgan fingerprint density at radius 2 is 1.84 bits per heavy atom. The van der Waals surface area contributed by atoms with Crippen LogP contribution >= 0.6 is 0 Å². The number of nitro groups is 2. The van der Waals surface area contributed by atoms with Crippen LogP contribution in [0.3, 0.4) is 0 Å². The summed E-state index contributed by atoms with van der Waals surface area (Å²) in [6, 6.07) is 3.51. The molecule has 0 bridgehead atoms. The maximum Gasteiger partial charge on any atom is 0.349 e. The van der Waals surface area contributed by atoms with Gasteiger partial charge >= 0.3 is 11.4 Å². The van der Waals surface area contributed by atoms with Gasteiger partial charge in [-0.25, -0.2) is 0 Å². The predicted molar refractivity (Wildman–Crippen MR) is 73.2 cm³/mol. The molecule has 0 aliphatic carbocycles. The third-order valence-electron chi connectivity index (χ3n) is 2.50. The van der Waals surface area contributed by atoms with Gasteiger partial charge in [-0.15, -0.1) is 0 Å². The Kier molecular flexibility index (Phi) is 4.76. The lowest BCUT2D eigenvalue weighted by atomic mass is 10.2. The van der Waals surface area contributed by atoms with Crippen LogP contribution < -0.4 is 4.74 Å². The van der Waals surface area contributed by atoms with E-state index in [9.17, 15) is 20.2 Å². The lowest BCUT2D eigenvalue weighted by Crippen LogP contribution is -2.28. The zero-order chi connectivity index (χ0) is 14.6. The van der Waals surface area contributed by atoms with E-state index in [4.69, 9.17) is 4.74 Å². The van der Waals surface area contributed by atoms with Crippen LogP contribution in [0.1, 0.15) is 0 Å². The van der Waals surface area contributed by atoms with E-state index < -0.39 is 30.0 Å². The van der Waals surface area contributed by atoms with Gasteiger partial charge in [0.05, 0.1) is 24.7 Å². The van der Waals surface area contributed by atoms with Gasteiger partial charge in [-0.05, 0) is 6.07 Å². The Hall–Kier alpha value is -2.22. The minimum absolute atomic E-state index is 0.180. The number of nitrogens with zero attached hydrogens (tertiary/aromatic N) is 2. The van der Waals surface area contributed by atoms with Crippen molar-refractivity contribution < 1.29 is 14.6 Å². The summed E-state index contributed by atoms with van der Waals surface area (Å²) in [5.74, 6) is 0.239. The van der Waals surface area contributed by atoms with Gasteiger partial charge in [0.2, 0.25) is 0 Å².